The fourth-order valence-corrected chi connectivity index (χ4v) is 2.56. The van der Waals surface area contributed by atoms with Crippen LogP contribution >= 0.6 is 0 Å². The van der Waals surface area contributed by atoms with Crippen LogP contribution in [0, 0.1) is 5.92 Å². The van der Waals surface area contributed by atoms with Gasteiger partial charge in [0.05, 0.1) is 0 Å². The molecule has 1 aliphatic rings. The fraction of sp³-hybridized carbons (Fsp3) is 0.857. The molecular weight excluding hydrogens is 244 g/mol. The van der Waals surface area contributed by atoms with Crippen molar-refractivity contribution in [2.75, 3.05) is 0 Å². The first kappa shape index (κ1) is 15.8. The van der Waals surface area contributed by atoms with Crippen molar-refractivity contribution in [3.05, 3.63) is 0 Å². The monoisotopic (exact) mass is 270 g/mol. The molecule has 5 heteroatoms. The molecule has 0 aromatic heterocycles. The molecule has 0 radical (unpaired) electrons. The highest BCUT2D eigenvalue weighted by atomic mass is 16.4. The van der Waals surface area contributed by atoms with E-state index in [9.17, 15) is 9.59 Å². The summed E-state index contributed by atoms with van der Waals surface area (Å²) in [4.78, 5) is 22.8. The zero-order chi connectivity index (χ0) is 14.3. The Bertz CT molecular complexity index is 307. The third kappa shape index (κ3) is 5.94. The highest BCUT2D eigenvalue weighted by Crippen LogP contribution is 2.22. The number of carbonyl (C=O) groups excluding carboxylic acids is 1. The van der Waals surface area contributed by atoms with E-state index in [1.54, 1.807) is 0 Å². The summed E-state index contributed by atoms with van der Waals surface area (Å²) < 4.78 is 0. The molecule has 0 heterocycles. The standard InChI is InChI=1S/C14H26N2O3/c1-3-5-12(13(17)18)16-14(19)15-11-7-4-6-10(2)8-9-11/h10-12H,3-9H2,1-2H3,(H,17,18)(H2,15,16,19)/t10?,11?,12-/m0/s1. The summed E-state index contributed by atoms with van der Waals surface area (Å²) in [7, 11) is 0. The number of rotatable bonds is 5. The lowest BCUT2D eigenvalue weighted by Gasteiger charge is -2.19. The summed E-state index contributed by atoms with van der Waals surface area (Å²) >= 11 is 0. The van der Waals surface area contributed by atoms with Gasteiger partial charge in [-0.2, -0.15) is 0 Å². The molecule has 2 unspecified atom stereocenters. The molecule has 19 heavy (non-hydrogen) atoms. The number of hydrogen-bond acceptors (Lipinski definition) is 2. The van der Waals surface area contributed by atoms with Gasteiger partial charge in [0.15, 0.2) is 0 Å². The smallest absolute Gasteiger partial charge is 0.326 e. The van der Waals surface area contributed by atoms with Gasteiger partial charge in [0.25, 0.3) is 0 Å². The summed E-state index contributed by atoms with van der Waals surface area (Å²) in [6, 6.07) is -0.948. The molecule has 1 fully saturated rings. The normalized spacial score (nSPS) is 25.2. The molecular formula is C14H26N2O3. The van der Waals surface area contributed by atoms with Crippen molar-refractivity contribution >= 4 is 12.0 Å². The van der Waals surface area contributed by atoms with Gasteiger partial charge in [-0.15, -0.1) is 0 Å². The van der Waals surface area contributed by atoms with Crippen LogP contribution in [0.3, 0.4) is 0 Å². The van der Waals surface area contributed by atoms with Crippen LogP contribution in [0.25, 0.3) is 0 Å². The number of amides is 2. The van der Waals surface area contributed by atoms with E-state index in [1.165, 1.54) is 6.42 Å². The third-order valence-corrected chi connectivity index (χ3v) is 3.77. The Labute approximate surface area is 115 Å². The van der Waals surface area contributed by atoms with Crippen LogP contribution in [0.1, 0.15) is 58.8 Å². The predicted molar refractivity (Wildman–Crippen MR) is 74.0 cm³/mol. The molecule has 0 aromatic carbocycles. The zero-order valence-corrected chi connectivity index (χ0v) is 11.9. The highest BCUT2D eigenvalue weighted by molar-refractivity contribution is 5.82. The molecule has 1 aliphatic carbocycles. The predicted octanol–water partition coefficient (Wildman–Crippen LogP) is 2.51. The number of carboxylic acid groups (broad SMARTS) is 1. The van der Waals surface area contributed by atoms with Crippen molar-refractivity contribution in [2.45, 2.75) is 70.9 Å². The first-order valence-electron chi connectivity index (χ1n) is 7.32. The Morgan fingerprint density at radius 3 is 2.63 bits per heavy atom. The van der Waals surface area contributed by atoms with Gasteiger partial charge in [0.1, 0.15) is 6.04 Å². The maximum Gasteiger partial charge on any atom is 0.326 e. The molecule has 2 amide bonds. The van der Waals surface area contributed by atoms with E-state index in [-0.39, 0.29) is 12.1 Å². The second-order valence-electron chi connectivity index (χ2n) is 5.61. The van der Waals surface area contributed by atoms with E-state index in [2.05, 4.69) is 17.6 Å². The van der Waals surface area contributed by atoms with Gasteiger partial charge >= 0.3 is 12.0 Å². The minimum Gasteiger partial charge on any atom is -0.480 e. The second kappa shape index (κ2) is 8.02. The van der Waals surface area contributed by atoms with Crippen LogP contribution in [-0.2, 0) is 4.79 Å². The Hall–Kier alpha value is -1.26. The molecule has 3 N–H and O–H groups in total. The third-order valence-electron chi connectivity index (χ3n) is 3.77. The van der Waals surface area contributed by atoms with Crippen LogP contribution in [-0.4, -0.2) is 29.2 Å². The van der Waals surface area contributed by atoms with Crippen molar-refractivity contribution in [3.63, 3.8) is 0 Å². The lowest BCUT2D eigenvalue weighted by molar-refractivity contribution is -0.139. The largest absolute Gasteiger partial charge is 0.480 e. The second-order valence-corrected chi connectivity index (χ2v) is 5.61. The van der Waals surface area contributed by atoms with E-state index >= 15 is 0 Å². The first-order chi connectivity index (χ1) is 9.02. The molecule has 0 spiro atoms. The van der Waals surface area contributed by atoms with Gasteiger partial charge in [-0.25, -0.2) is 9.59 Å². The first-order valence-corrected chi connectivity index (χ1v) is 7.32. The van der Waals surface area contributed by atoms with E-state index < -0.39 is 12.0 Å². The van der Waals surface area contributed by atoms with Crippen LogP contribution in [0.4, 0.5) is 4.79 Å². The number of urea groups is 1. The summed E-state index contributed by atoms with van der Waals surface area (Å²) in [5, 5.41) is 14.5. The SMILES string of the molecule is CCC[C@H](NC(=O)NC1CCCC(C)CC1)C(=O)O. The van der Waals surface area contributed by atoms with Gasteiger partial charge in [-0.1, -0.05) is 33.1 Å². The van der Waals surface area contributed by atoms with Gasteiger partial charge in [-0.05, 0) is 31.6 Å². The maximum atomic E-state index is 11.8. The molecule has 110 valence electrons. The molecule has 0 aromatic rings. The lowest BCUT2D eigenvalue weighted by Crippen LogP contribution is -2.48. The molecule has 5 nitrogen and oxygen atoms in total. The fourth-order valence-electron chi connectivity index (χ4n) is 2.56. The molecule has 3 atom stereocenters. The minimum atomic E-state index is -0.966. The van der Waals surface area contributed by atoms with Gasteiger partial charge in [0.2, 0.25) is 0 Å². The Balaban J connectivity index is 2.38. The molecule has 1 rings (SSSR count). The highest BCUT2D eigenvalue weighted by Gasteiger charge is 2.22. The number of hydrogen-bond donors (Lipinski definition) is 3. The Kier molecular flexibility index (Phi) is 6.67. The average Bonchev–Trinajstić information content (AvgIpc) is 2.54. The lowest BCUT2D eigenvalue weighted by atomic mass is 10.0. The Morgan fingerprint density at radius 1 is 1.26 bits per heavy atom. The zero-order valence-electron chi connectivity index (χ0n) is 11.9. The van der Waals surface area contributed by atoms with Crippen molar-refractivity contribution < 1.29 is 14.7 Å². The van der Waals surface area contributed by atoms with E-state index in [0.29, 0.717) is 6.42 Å². The quantitative estimate of drug-likeness (QED) is 0.672. The average molecular weight is 270 g/mol. The maximum absolute atomic E-state index is 11.8. The number of carboxylic acids is 1. The van der Waals surface area contributed by atoms with Crippen molar-refractivity contribution in [2.24, 2.45) is 5.92 Å². The van der Waals surface area contributed by atoms with E-state index in [0.717, 1.165) is 38.0 Å². The molecule has 0 aliphatic heterocycles. The molecule has 0 bridgehead atoms. The number of aliphatic carboxylic acids is 1. The van der Waals surface area contributed by atoms with E-state index in [1.807, 2.05) is 6.92 Å². The molecule has 0 saturated heterocycles. The topological polar surface area (TPSA) is 78.4 Å². The van der Waals surface area contributed by atoms with Crippen LogP contribution in [0.5, 0.6) is 0 Å². The summed E-state index contributed by atoms with van der Waals surface area (Å²) in [5.74, 6) is -0.242. The van der Waals surface area contributed by atoms with E-state index in [4.69, 9.17) is 5.11 Å². The van der Waals surface area contributed by atoms with Crippen molar-refractivity contribution in [3.8, 4) is 0 Å². The van der Waals surface area contributed by atoms with Crippen LogP contribution in [0.2, 0.25) is 0 Å². The summed E-state index contributed by atoms with van der Waals surface area (Å²) in [5.41, 5.74) is 0. The van der Waals surface area contributed by atoms with Crippen LogP contribution in [0.15, 0.2) is 0 Å². The minimum absolute atomic E-state index is 0.182. The van der Waals surface area contributed by atoms with Gasteiger partial charge in [0, 0.05) is 6.04 Å². The van der Waals surface area contributed by atoms with Crippen molar-refractivity contribution in [1.29, 1.82) is 0 Å². The van der Waals surface area contributed by atoms with Crippen LogP contribution < -0.4 is 10.6 Å². The number of carbonyl (C=O) groups is 2. The number of nitrogens with one attached hydrogen (secondary N) is 2. The van der Waals surface area contributed by atoms with Gasteiger partial charge < -0.3 is 15.7 Å². The van der Waals surface area contributed by atoms with Gasteiger partial charge in [-0.3, -0.25) is 0 Å². The Morgan fingerprint density at radius 2 is 2.00 bits per heavy atom. The molecule has 1 saturated carbocycles. The summed E-state index contributed by atoms with van der Waals surface area (Å²) in [6.45, 7) is 4.15. The van der Waals surface area contributed by atoms with Crippen molar-refractivity contribution in [1.82, 2.24) is 10.6 Å². The summed E-state index contributed by atoms with van der Waals surface area (Å²) in [6.07, 6.45) is 6.64.